The molecule has 1 saturated heterocycles. The third-order valence-corrected chi connectivity index (χ3v) is 5.68. The second kappa shape index (κ2) is 10.6. The van der Waals surface area contributed by atoms with Crippen molar-refractivity contribution in [2.75, 3.05) is 24.5 Å². The summed E-state index contributed by atoms with van der Waals surface area (Å²) in [5, 5.41) is 3.94. The van der Waals surface area contributed by atoms with Gasteiger partial charge >= 0.3 is 0 Å². The van der Waals surface area contributed by atoms with Crippen molar-refractivity contribution < 1.29 is 4.79 Å². The molecule has 7 heteroatoms. The first-order chi connectivity index (χ1) is 11.5. The fourth-order valence-electron chi connectivity index (χ4n) is 4.00. The smallest absolute Gasteiger partial charge is 0.223 e. The summed E-state index contributed by atoms with van der Waals surface area (Å²) in [5.41, 5.74) is 8.46. The van der Waals surface area contributed by atoms with Crippen LogP contribution in [-0.4, -0.2) is 31.6 Å². The maximum atomic E-state index is 12.4. The summed E-state index contributed by atoms with van der Waals surface area (Å²) >= 11 is 6.14. The van der Waals surface area contributed by atoms with E-state index in [4.69, 9.17) is 17.3 Å². The SMILES string of the molecule is Cc1ccc(Cl)cc1N1CCC(CNC(=O)C2CCCC(N)C2)C1.Cl.Cl. The lowest BCUT2D eigenvalue weighted by molar-refractivity contribution is -0.126. The lowest BCUT2D eigenvalue weighted by Crippen LogP contribution is -2.39. The van der Waals surface area contributed by atoms with Crippen LogP contribution in [0.25, 0.3) is 0 Å². The number of amides is 1. The van der Waals surface area contributed by atoms with Crippen molar-refractivity contribution in [2.24, 2.45) is 17.6 Å². The lowest BCUT2D eigenvalue weighted by Gasteiger charge is -2.26. The summed E-state index contributed by atoms with van der Waals surface area (Å²) in [7, 11) is 0. The zero-order chi connectivity index (χ0) is 17.1. The van der Waals surface area contributed by atoms with Crippen LogP contribution in [0.3, 0.4) is 0 Å². The van der Waals surface area contributed by atoms with Gasteiger partial charge in [-0.1, -0.05) is 24.1 Å². The Morgan fingerprint density at radius 2 is 2.08 bits per heavy atom. The van der Waals surface area contributed by atoms with Crippen LogP contribution in [0.1, 0.15) is 37.7 Å². The maximum Gasteiger partial charge on any atom is 0.223 e. The molecule has 26 heavy (non-hydrogen) atoms. The maximum absolute atomic E-state index is 12.4. The summed E-state index contributed by atoms with van der Waals surface area (Å²) < 4.78 is 0. The van der Waals surface area contributed by atoms with Crippen LogP contribution in [-0.2, 0) is 4.79 Å². The largest absolute Gasteiger partial charge is 0.371 e. The minimum atomic E-state index is 0. The minimum Gasteiger partial charge on any atom is -0.371 e. The summed E-state index contributed by atoms with van der Waals surface area (Å²) in [4.78, 5) is 14.7. The van der Waals surface area contributed by atoms with Gasteiger partial charge in [0.1, 0.15) is 0 Å². The normalized spacial score (nSPS) is 25.2. The average molecular weight is 423 g/mol. The van der Waals surface area contributed by atoms with Gasteiger partial charge < -0.3 is 16.0 Å². The van der Waals surface area contributed by atoms with Crippen molar-refractivity contribution >= 4 is 48.0 Å². The number of benzene rings is 1. The fraction of sp³-hybridized carbons (Fsp3) is 0.632. The third kappa shape index (κ3) is 5.91. The van der Waals surface area contributed by atoms with Gasteiger partial charge in [-0.15, -0.1) is 24.8 Å². The molecule has 1 saturated carbocycles. The van der Waals surface area contributed by atoms with Gasteiger partial charge in [0.25, 0.3) is 0 Å². The molecule has 2 fully saturated rings. The number of halogens is 3. The topological polar surface area (TPSA) is 58.4 Å². The highest BCUT2D eigenvalue weighted by molar-refractivity contribution is 6.30. The molecule has 1 heterocycles. The van der Waals surface area contributed by atoms with Crippen LogP contribution in [0.4, 0.5) is 5.69 Å². The molecule has 3 rings (SSSR count). The molecule has 1 amide bonds. The van der Waals surface area contributed by atoms with E-state index in [1.54, 1.807) is 0 Å². The van der Waals surface area contributed by atoms with Crippen molar-refractivity contribution in [3.63, 3.8) is 0 Å². The standard InChI is InChI=1S/C19H28ClN3O.2ClH/c1-13-5-6-16(20)10-18(13)23-8-7-14(12-23)11-22-19(24)15-3-2-4-17(21)9-15;;/h5-6,10,14-15,17H,2-4,7-9,11-12,21H2,1H3,(H,22,24);2*1H. The van der Waals surface area contributed by atoms with Crippen LogP contribution in [0, 0.1) is 18.8 Å². The number of hydrogen-bond acceptors (Lipinski definition) is 3. The highest BCUT2D eigenvalue weighted by Crippen LogP contribution is 2.29. The van der Waals surface area contributed by atoms with E-state index < -0.39 is 0 Å². The molecule has 1 aliphatic heterocycles. The number of nitrogens with one attached hydrogen (secondary N) is 1. The first-order valence-electron chi connectivity index (χ1n) is 9.07. The molecule has 2 aliphatic rings. The van der Waals surface area contributed by atoms with E-state index in [0.717, 1.165) is 56.8 Å². The Bertz CT molecular complexity index is 599. The van der Waals surface area contributed by atoms with Crippen molar-refractivity contribution in [3.05, 3.63) is 28.8 Å². The Morgan fingerprint density at radius 1 is 1.31 bits per heavy atom. The Kier molecular flexibility index (Phi) is 9.53. The van der Waals surface area contributed by atoms with Gasteiger partial charge in [0, 0.05) is 42.3 Å². The number of carbonyl (C=O) groups excluding carboxylic acids is 1. The number of anilines is 1. The van der Waals surface area contributed by atoms with E-state index in [9.17, 15) is 4.79 Å². The van der Waals surface area contributed by atoms with E-state index in [1.165, 1.54) is 11.3 Å². The fourth-order valence-corrected chi connectivity index (χ4v) is 4.16. The quantitative estimate of drug-likeness (QED) is 0.772. The molecule has 0 radical (unpaired) electrons. The van der Waals surface area contributed by atoms with Gasteiger partial charge in [-0.2, -0.15) is 0 Å². The Hall–Kier alpha value is -0.680. The van der Waals surface area contributed by atoms with Gasteiger partial charge in [0.05, 0.1) is 0 Å². The number of aryl methyl sites for hydroxylation is 1. The Balaban J connectivity index is 0.00000169. The van der Waals surface area contributed by atoms with E-state index in [-0.39, 0.29) is 42.7 Å². The predicted octanol–water partition coefficient (Wildman–Crippen LogP) is 3.95. The van der Waals surface area contributed by atoms with E-state index in [0.29, 0.717) is 5.92 Å². The van der Waals surface area contributed by atoms with Gasteiger partial charge in [-0.3, -0.25) is 4.79 Å². The molecule has 3 atom stereocenters. The van der Waals surface area contributed by atoms with Gasteiger partial charge in [0.15, 0.2) is 0 Å². The number of carbonyl (C=O) groups is 1. The molecule has 148 valence electrons. The molecule has 0 bridgehead atoms. The number of hydrogen-bond donors (Lipinski definition) is 2. The second-order valence-electron chi connectivity index (χ2n) is 7.40. The van der Waals surface area contributed by atoms with E-state index >= 15 is 0 Å². The molecule has 1 aliphatic carbocycles. The summed E-state index contributed by atoms with van der Waals surface area (Å²) in [6, 6.07) is 6.24. The molecule has 4 nitrogen and oxygen atoms in total. The van der Waals surface area contributed by atoms with Crippen molar-refractivity contribution in [2.45, 2.75) is 45.1 Å². The van der Waals surface area contributed by atoms with E-state index in [1.807, 2.05) is 12.1 Å². The first-order valence-corrected chi connectivity index (χ1v) is 9.45. The summed E-state index contributed by atoms with van der Waals surface area (Å²) in [6.45, 7) is 4.88. The van der Waals surface area contributed by atoms with Crippen molar-refractivity contribution in [3.8, 4) is 0 Å². The zero-order valence-corrected chi connectivity index (χ0v) is 17.6. The number of nitrogens with zero attached hydrogens (tertiary/aromatic N) is 1. The van der Waals surface area contributed by atoms with Crippen LogP contribution in [0.5, 0.6) is 0 Å². The highest BCUT2D eigenvalue weighted by Gasteiger charge is 2.28. The third-order valence-electron chi connectivity index (χ3n) is 5.45. The Morgan fingerprint density at radius 3 is 2.81 bits per heavy atom. The monoisotopic (exact) mass is 421 g/mol. The molecular formula is C19H30Cl3N3O. The molecular weight excluding hydrogens is 393 g/mol. The second-order valence-corrected chi connectivity index (χ2v) is 7.84. The van der Waals surface area contributed by atoms with Gasteiger partial charge in [-0.05, 0) is 56.2 Å². The average Bonchev–Trinajstić information content (AvgIpc) is 3.03. The predicted molar refractivity (Wildman–Crippen MR) is 114 cm³/mol. The summed E-state index contributed by atoms with van der Waals surface area (Å²) in [6.07, 6.45) is 5.06. The zero-order valence-electron chi connectivity index (χ0n) is 15.2. The van der Waals surface area contributed by atoms with Gasteiger partial charge in [-0.25, -0.2) is 0 Å². The van der Waals surface area contributed by atoms with Crippen LogP contribution >= 0.6 is 36.4 Å². The van der Waals surface area contributed by atoms with Crippen molar-refractivity contribution in [1.29, 1.82) is 0 Å². The van der Waals surface area contributed by atoms with Crippen LogP contribution in [0.15, 0.2) is 18.2 Å². The number of rotatable bonds is 4. The molecule has 1 aromatic carbocycles. The first kappa shape index (κ1) is 23.4. The highest BCUT2D eigenvalue weighted by atomic mass is 35.5. The Labute approximate surface area is 174 Å². The van der Waals surface area contributed by atoms with Crippen molar-refractivity contribution in [1.82, 2.24) is 5.32 Å². The van der Waals surface area contributed by atoms with E-state index in [2.05, 4.69) is 23.2 Å². The lowest BCUT2D eigenvalue weighted by atomic mass is 9.85. The van der Waals surface area contributed by atoms with Crippen LogP contribution in [0.2, 0.25) is 5.02 Å². The molecule has 0 spiro atoms. The molecule has 1 aromatic rings. The minimum absolute atomic E-state index is 0. The molecule has 3 N–H and O–H groups in total. The summed E-state index contributed by atoms with van der Waals surface area (Å²) in [5.74, 6) is 0.813. The van der Waals surface area contributed by atoms with Gasteiger partial charge in [0.2, 0.25) is 5.91 Å². The molecule has 3 unspecified atom stereocenters. The molecule has 0 aromatic heterocycles. The van der Waals surface area contributed by atoms with Crippen LogP contribution < -0.4 is 16.0 Å². The number of nitrogens with two attached hydrogens (primary N) is 1.